The Hall–Kier alpha value is -2.76. The van der Waals surface area contributed by atoms with Gasteiger partial charge in [0.05, 0.1) is 13.2 Å². The van der Waals surface area contributed by atoms with Crippen LogP contribution in [0.15, 0.2) is 60.7 Å². The van der Waals surface area contributed by atoms with Gasteiger partial charge in [0, 0.05) is 5.39 Å². The van der Waals surface area contributed by atoms with E-state index in [-0.39, 0.29) is 12.2 Å². The Morgan fingerprint density at radius 3 is 2.26 bits per heavy atom. The zero-order valence-corrected chi connectivity index (χ0v) is 14.8. The molecule has 2 heterocycles. The highest BCUT2D eigenvalue weighted by Crippen LogP contribution is 2.40. The van der Waals surface area contributed by atoms with Gasteiger partial charge in [-0.15, -0.1) is 0 Å². The summed E-state index contributed by atoms with van der Waals surface area (Å²) < 4.78 is 28.4. The molecule has 0 saturated carbocycles. The Bertz CT molecular complexity index is 932. The van der Waals surface area contributed by atoms with Crippen LogP contribution in [0.4, 0.5) is 0 Å². The van der Waals surface area contributed by atoms with Crippen molar-refractivity contribution in [2.75, 3.05) is 26.4 Å². The van der Waals surface area contributed by atoms with Crippen LogP contribution >= 0.6 is 0 Å². The van der Waals surface area contributed by atoms with E-state index in [4.69, 9.17) is 23.7 Å². The van der Waals surface area contributed by atoms with Crippen molar-refractivity contribution in [1.29, 1.82) is 0 Å². The lowest BCUT2D eigenvalue weighted by Crippen LogP contribution is -2.06. The first-order valence-electron chi connectivity index (χ1n) is 9.13. The summed E-state index contributed by atoms with van der Waals surface area (Å²) in [5.41, 5.74) is 0. The molecule has 3 aromatic carbocycles. The predicted molar refractivity (Wildman–Crippen MR) is 101 cm³/mol. The van der Waals surface area contributed by atoms with E-state index in [1.165, 1.54) is 0 Å². The van der Waals surface area contributed by atoms with Crippen molar-refractivity contribution < 1.29 is 23.7 Å². The SMILES string of the molecule is c1ccc(Oc2ccc3cc(OCC4CO4)ccc3c2OCC2CO2)cc1. The van der Waals surface area contributed by atoms with Crippen molar-refractivity contribution in [3.63, 3.8) is 0 Å². The molecule has 2 unspecified atom stereocenters. The number of rotatable bonds is 8. The van der Waals surface area contributed by atoms with E-state index in [0.717, 1.165) is 41.2 Å². The number of hydrogen-bond acceptors (Lipinski definition) is 5. The number of ether oxygens (including phenoxy) is 5. The van der Waals surface area contributed by atoms with E-state index in [2.05, 4.69) is 0 Å². The molecule has 2 saturated heterocycles. The summed E-state index contributed by atoms with van der Waals surface area (Å²) in [6.45, 7) is 2.64. The van der Waals surface area contributed by atoms with Gasteiger partial charge in [-0.3, -0.25) is 0 Å². The first-order chi connectivity index (χ1) is 13.3. The van der Waals surface area contributed by atoms with Crippen molar-refractivity contribution in [2.45, 2.75) is 12.2 Å². The van der Waals surface area contributed by atoms with Gasteiger partial charge >= 0.3 is 0 Å². The molecule has 138 valence electrons. The fraction of sp³-hybridized carbons (Fsp3) is 0.273. The summed E-state index contributed by atoms with van der Waals surface area (Å²) >= 11 is 0. The monoisotopic (exact) mass is 364 g/mol. The van der Waals surface area contributed by atoms with Crippen molar-refractivity contribution >= 4 is 10.8 Å². The second-order valence-corrected chi connectivity index (χ2v) is 6.72. The van der Waals surface area contributed by atoms with Gasteiger partial charge in [0.2, 0.25) is 0 Å². The molecule has 2 aliphatic rings. The number of para-hydroxylation sites is 1. The lowest BCUT2D eigenvalue weighted by molar-refractivity contribution is 0.257. The Morgan fingerprint density at radius 2 is 1.52 bits per heavy atom. The van der Waals surface area contributed by atoms with Crippen LogP contribution in [0, 0.1) is 0 Å². The standard InChI is InChI=1S/C22H20O5/c1-2-4-16(5-3-1)27-21-9-6-15-10-17(23-11-18-12-24-18)7-8-20(15)22(21)26-14-19-13-25-19/h1-10,18-19H,11-14H2. The van der Waals surface area contributed by atoms with Crippen molar-refractivity contribution in [3.05, 3.63) is 60.7 Å². The van der Waals surface area contributed by atoms with Crippen LogP contribution in [-0.2, 0) is 9.47 Å². The maximum atomic E-state index is 6.08. The first-order valence-corrected chi connectivity index (χ1v) is 9.13. The van der Waals surface area contributed by atoms with Crippen molar-refractivity contribution in [3.8, 4) is 23.0 Å². The molecular formula is C22H20O5. The normalized spacial score (nSPS) is 20.3. The summed E-state index contributed by atoms with van der Waals surface area (Å²) in [5.74, 6) is 3.01. The van der Waals surface area contributed by atoms with Gasteiger partial charge in [-0.25, -0.2) is 0 Å². The third-order valence-electron chi connectivity index (χ3n) is 4.53. The molecule has 5 rings (SSSR count). The van der Waals surface area contributed by atoms with Crippen LogP contribution in [0.2, 0.25) is 0 Å². The molecule has 2 aliphatic heterocycles. The fourth-order valence-electron chi connectivity index (χ4n) is 2.89. The quantitative estimate of drug-likeness (QED) is 0.561. The predicted octanol–water partition coefficient (Wildman–Crippen LogP) is 4.19. The van der Waals surface area contributed by atoms with Gasteiger partial charge in [-0.05, 0) is 41.8 Å². The first kappa shape index (κ1) is 16.4. The van der Waals surface area contributed by atoms with E-state index in [0.29, 0.717) is 19.0 Å². The molecule has 0 radical (unpaired) electrons. The minimum Gasteiger partial charge on any atom is -0.491 e. The number of benzene rings is 3. The Labute approximate surface area is 157 Å². The maximum absolute atomic E-state index is 6.08. The van der Waals surface area contributed by atoms with E-state index in [1.54, 1.807) is 0 Å². The molecule has 2 fully saturated rings. The summed E-state index contributed by atoms with van der Waals surface area (Å²) in [7, 11) is 0. The lowest BCUT2D eigenvalue weighted by atomic mass is 10.1. The summed E-state index contributed by atoms with van der Waals surface area (Å²) in [4.78, 5) is 0. The molecule has 3 aromatic rings. The zero-order valence-electron chi connectivity index (χ0n) is 14.8. The number of epoxide rings is 2. The smallest absolute Gasteiger partial charge is 0.169 e. The molecule has 0 bridgehead atoms. The molecule has 0 N–H and O–H groups in total. The maximum Gasteiger partial charge on any atom is 0.169 e. The van der Waals surface area contributed by atoms with Gasteiger partial charge < -0.3 is 23.7 Å². The van der Waals surface area contributed by atoms with E-state index >= 15 is 0 Å². The van der Waals surface area contributed by atoms with Crippen LogP contribution in [0.5, 0.6) is 23.0 Å². The molecule has 5 nitrogen and oxygen atoms in total. The van der Waals surface area contributed by atoms with Crippen molar-refractivity contribution in [2.24, 2.45) is 0 Å². The third-order valence-corrected chi connectivity index (χ3v) is 4.53. The van der Waals surface area contributed by atoms with E-state index in [1.807, 2.05) is 60.7 Å². The van der Waals surface area contributed by atoms with E-state index < -0.39 is 0 Å². The molecule has 2 atom stereocenters. The molecule has 0 aromatic heterocycles. The highest BCUT2D eigenvalue weighted by atomic mass is 16.6. The molecule has 0 spiro atoms. The largest absolute Gasteiger partial charge is 0.491 e. The van der Waals surface area contributed by atoms with Crippen molar-refractivity contribution in [1.82, 2.24) is 0 Å². The second-order valence-electron chi connectivity index (χ2n) is 6.72. The average molecular weight is 364 g/mol. The number of fused-ring (bicyclic) bond motifs is 1. The van der Waals surface area contributed by atoms with Crippen LogP contribution in [-0.4, -0.2) is 38.6 Å². The Morgan fingerprint density at radius 1 is 0.778 bits per heavy atom. The summed E-state index contributed by atoms with van der Waals surface area (Å²) in [6.07, 6.45) is 0.408. The van der Waals surface area contributed by atoms with Gasteiger partial charge in [0.25, 0.3) is 0 Å². The second kappa shape index (κ2) is 7.10. The van der Waals surface area contributed by atoms with Gasteiger partial charge in [-0.1, -0.05) is 24.3 Å². The number of hydrogen-bond donors (Lipinski definition) is 0. The summed E-state index contributed by atoms with van der Waals surface area (Å²) in [6, 6.07) is 19.7. The Balaban J connectivity index is 1.46. The molecular weight excluding hydrogens is 344 g/mol. The van der Waals surface area contributed by atoms with Gasteiger partial charge in [0.15, 0.2) is 11.5 Å². The molecule has 0 amide bonds. The molecule has 27 heavy (non-hydrogen) atoms. The highest BCUT2D eigenvalue weighted by molar-refractivity contribution is 5.92. The zero-order chi connectivity index (χ0) is 18.1. The molecule has 0 aliphatic carbocycles. The van der Waals surface area contributed by atoms with Crippen LogP contribution in [0.1, 0.15) is 0 Å². The third kappa shape index (κ3) is 3.99. The van der Waals surface area contributed by atoms with Crippen LogP contribution in [0.3, 0.4) is 0 Å². The highest BCUT2D eigenvalue weighted by Gasteiger charge is 2.25. The minimum absolute atomic E-state index is 0.172. The van der Waals surface area contributed by atoms with Crippen LogP contribution in [0.25, 0.3) is 10.8 Å². The Kier molecular flexibility index (Phi) is 4.32. The topological polar surface area (TPSA) is 52.8 Å². The van der Waals surface area contributed by atoms with E-state index in [9.17, 15) is 0 Å². The fourth-order valence-corrected chi connectivity index (χ4v) is 2.89. The van der Waals surface area contributed by atoms with Gasteiger partial charge in [0.1, 0.15) is 36.9 Å². The molecule has 5 heteroatoms. The lowest BCUT2D eigenvalue weighted by Gasteiger charge is -2.15. The van der Waals surface area contributed by atoms with Crippen LogP contribution < -0.4 is 14.2 Å². The van der Waals surface area contributed by atoms with Gasteiger partial charge in [-0.2, -0.15) is 0 Å². The minimum atomic E-state index is 0.172. The summed E-state index contributed by atoms with van der Waals surface area (Å²) in [5, 5.41) is 2.02. The average Bonchev–Trinajstić information content (AvgIpc) is 3.61.